The van der Waals surface area contributed by atoms with Gasteiger partial charge >= 0.3 is 0 Å². The van der Waals surface area contributed by atoms with Gasteiger partial charge in [0.2, 0.25) is 0 Å². The summed E-state index contributed by atoms with van der Waals surface area (Å²) in [5, 5.41) is 9.88. The molecule has 2 rings (SSSR count). The van der Waals surface area contributed by atoms with Crippen LogP contribution in [-0.2, 0) is 13.0 Å². The molecule has 0 atom stereocenters. The second-order valence-electron chi connectivity index (χ2n) is 5.63. The van der Waals surface area contributed by atoms with Crippen molar-refractivity contribution in [3.63, 3.8) is 0 Å². The Kier molecular flexibility index (Phi) is 3.62. The fraction of sp³-hybridized carbons (Fsp3) is 0.571. The van der Waals surface area contributed by atoms with E-state index in [4.69, 9.17) is 0 Å². The highest BCUT2D eigenvalue weighted by Gasteiger charge is 2.23. The average Bonchev–Trinajstić information content (AvgIpc) is 2.13. The predicted octanol–water partition coefficient (Wildman–Crippen LogP) is 2.89. The van der Waals surface area contributed by atoms with Crippen LogP contribution in [0.25, 0.3) is 0 Å². The van der Waals surface area contributed by atoms with E-state index in [1.165, 1.54) is 16.7 Å². The molecule has 1 aromatic carbocycles. The predicted molar refractivity (Wildman–Crippen MR) is 74.2 cm³/mol. The number of fused-ring (bicyclic) bond motifs is 1. The molecule has 17 heavy (non-hydrogen) atoms. The van der Waals surface area contributed by atoms with E-state index in [0.29, 0.717) is 0 Å². The van der Waals surface area contributed by atoms with Crippen LogP contribution in [0.3, 0.4) is 0 Å². The molecule has 2 nitrogen and oxygen atoms in total. The number of aliphatic hydroxyl groups is 1. The molecule has 0 saturated heterocycles. The van der Waals surface area contributed by atoms with Gasteiger partial charge in [0.25, 0.3) is 0 Å². The van der Waals surface area contributed by atoms with Crippen LogP contribution in [-0.4, -0.2) is 28.7 Å². The number of hydrogen-bond acceptors (Lipinski definition) is 2. The highest BCUT2D eigenvalue weighted by Crippen LogP contribution is 2.27. The molecule has 0 unspecified atom stereocenters. The van der Waals surface area contributed by atoms with Gasteiger partial charge in [-0.05, 0) is 56.0 Å². The molecule has 1 aromatic rings. The molecule has 1 N–H and O–H groups in total. The number of β-amino-alcohol motifs (C(OH)–C–C–N with tert-alkyl or cyclic N) is 1. The first-order valence-corrected chi connectivity index (χ1v) is 6.87. The molecule has 94 valence electrons. The SMILES string of the molecule is Cc1cc(Br)cc2c1CCN(CC(C)(C)O)C2. The summed E-state index contributed by atoms with van der Waals surface area (Å²) in [6.07, 6.45) is 1.09. The molecule has 0 spiro atoms. The van der Waals surface area contributed by atoms with Crippen molar-refractivity contribution in [2.24, 2.45) is 0 Å². The van der Waals surface area contributed by atoms with Crippen molar-refractivity contribution in [1.82, 2.24) is 4.90 Å². The standard InChI is InChI=1S/C14H20BrNO/c1-10-6-12(15)7-11-8-16(5-4-13(10)11)9-14(2,3)17/h6-7,17H,4-5,8-9H2,1-3H3. The molecule has 0 saturated carbocycles. The first kappa shape index (κ1) is 13.1. The van der Waals surface area contributed by atoms with Crippen LogP contribution in [0.15, 0.2) is 16.6 Å². The lowest BCUT2D eigenvalue weighted by atomic mass is 9.94. The van der Waals surface area contributed by atoms with Crippen LogP contribution in [0.1, 0.15) is 30.5 Å². The van der Waals surface area contributed by atoms with Gasteiger partial charge in [0.15, 0.2) is 0 Å². The Bertz CT molecular complexity index is 423. The number of halogens is 1. The topological polar surface area (TPSA) is 23.5 Å². The number of rotatable bonds is 2. The lowest BCUT2D eigenvalue weighted by molar-refractivity contribution is 0.0317. The lowest BCUT2D eigenvalue weighted by Crippen LogP contribution is -2.41. The van der Waals surface area contributed by atoms with Crippen molar-refractivity contribution >= 4 is 15.9 Å². The van der Waals surface area contributed by atoms with Crippen LogP contribution < -0.4 is 0 Å². The zero-order valence-corrected chi connectivity index (χ0v) is 12.3. The third kappa shape index (κ3) is 3.30. The summed E-state index contributed by atoms with van der Waals surface area (Å²) in [7, 11) is 0. The van der Waals surface area contributed by atoms with Crippen LogP contribution >= 0.6 is 15.9 Å². The average molecular weight is 298 g/mol. The molecular weight excluding hydrogens is 278 g/mol. The Morgan fingerprint density at radius 1 is 1.41 bits per heavy atom. The number of aryl methyl sites for hydroxylation is 1. The summed E-state index contributed by atoms with van der Waals surface area (Å²) >= 11 is 3.55. The molecule has 1 heterocycles. The van der Waals surface area contributed by atoms with Gasteiger partial charge in [0.05, 0.1) is 5.60 Å². The molecule has 1 aliphatic rings. The zero-order valence-electron chi connectivity index (χ0n) is 10.8. The van der Waals surface area contributed by atoms with Crippen LogP contribution in [0.5, 0.6) is 0 Å². The van der Waals surface area contributed by atoms with E-state index in [1.54, 1.807) is 0 Å². The first-order valence-electron chi connectivity index (χ1n) is 6.08. The second-order valence-corrected chi connectivity index (χ2v) is 6.55. The molecule has 0 radical (unpaired) electrons. The maximum atomic E-state index is 9.88. The fourth-order valence-electron chi connectivity index (χ4n) is 2.61. The Labute approximate surface area is 112 Å². The van der Waals surface area contributed by atoms with E-state index in [1.807, 2.05) is 13.8 Å². The minimum Gasteiger partial charge on any atom is -0.389 e. The van der Waals surface area contributed by atoms with Crippen LogP contribution in [0, 0.1) is 6.92 Å². The van der Waals surface area contributed by atoms with Crippen LogP contribution in [0.4, 0.5) is 0 Å². The van der Waals surface area contributed by atoms with E-state index in [2.05, 4.69) is 39.9 Å². The van der Waals surface area contributed by atoms with E-state index in [9.17, 15) is 5.11 Å². The number of benzene rings is 1. The summed E-state index contributed by atoms with van der Waals surface area (Å²) in [6, 6.07) is 4.39. The zero-order chi connectivity index (χ0) is 12.6. The highest BCUT2D eigenvalue weighted by molar-refractivity contribution is 9.10. The van der Waals surface area contributed by atoms with E-state index >= 15 is 0 Å². The Hall–Kier alpha value is -0.380. The minimum absolute atomic E-state index is 0.613. The first-order chi connectivity index (χ1) is 7.85. The maximum absolute atomic E-state index is 9.88. The largest absolute Gasteiger partial charge is 0.389 e. The molecular formula is C14H20BrNO. The summed E-state index contributed by atoms with van der Waals surface area (Å²) in [4.78, 5) is 2.33. The van der Waals surface area contributed by atoms with Gasteiger partial charge < -0.3 is 5.11 Å². The van der Waals surface area contributed by atoms with Crippen LogP contribution in [0.2, 0.25) is 0 Å². The minimum atomic E-state index is -0.613. The van der Waals surface area contributed by atoms with Crippen molar-refractivity contribution < 1.29 is 5.11 Å². The fourth-order valence-corrected chi connectivity index (χ4v) is 3.23. The normalized spacial score (nSPS) is 17.0. The molecule has 0 fully saturated rings. The third-order valence-electron chi connectivity index (χ3n) is 3.21. The Balaban J connectivity index is 2.19. The lowest BCUT2D eigenvalue weighted by Gasteiger charge is -2.33. The summed E-state index contributed by atoms with van der Waals surface area (Å²) < 4.78 is 1.15. The van der Waals surface area contributed by atoms with E-state index in [0.717, 1.165) is 30.5 Å². The maximum Gasteiger partial charge on any atom is 0.0718 e. The van der Waals surface area contributed by atoms with Gasteiger partial charge in [-0.1, -0.05) is 15.9 Å². The van der Waals surface area contributed by atoms with Crippen molar-refractivity contribution in [3.8, 4) is 0 Å². The van der Waals surface area contributed by atoms with Gasteiger partial charge in [0.1, 0.15) is 0 Å². The van der Waals surface area contributed by atoms with Gasteiger partial charge in [-0.15, -0.1) is 0 Å². The molecule has 0 aliphatic carbocycles. The monoisotopic (exact) mass is 297 g/mol. The van der Waals surface area contributed by atoms with Gasteiger partial charge in [-0.3, -0.25) is 4.90 Å². The Morgan fingerprint density at radius 2 is 2.12 bits per heavy atom. The van der Waals surface area contributed by atoms with Gasteiger partial charge in [-0.25, -0.2) is 0 Å². The van der Waals surface area contributed by atoms with E-state index in [-0.39, 0.29) is 0 Å². The second kappa shape index (κ2) is 4.71. The third-order valence-corrected chi connectivity index (χ3v) is 3.67. The summed E-state index contributed by atoms with van der Waals surface area (Å²) in [5.41, 5.74) is 3.64. The Morgan fingerprint density at radius 3 is 2.76 bits per heavy atom. The molecule has 0 amide bonds. The molecule has 0 bridgehead atoms. The van der Waals surface area contributed by atoms with Crippen molar-refractivity contribution in [2.75, 3.05) is 13.1 Å². The van der Waals surface area contributed by atoms with Gasteiger partial charge in [-0.2, -0.15) is 0 Å². The number of hydrogen-bond donors (Lipinski definition) is 1. The van der Waals surface area contributed by atoms with Crippen molar-refractivity contribution in [2.45, 2.75) is 39.3 Å². The highest BCUT2D eigenvalue weighted by atomic mass is 79.9. The van der Waals surface area contributed by atoms with Gasteiger partial charge in [0, 0.05) is 24.1 Å². The molecule has 1 aliphatic heterocycles. The molecule has 0 aromatic heterocycles. The van der Waals surface area contributed by atoms with Crippen molar-refractivity contribution in [1.29, 1.82) is 0 Å². The molecule has 3 heteroatoms. The smallest absolute Gasteiger partial charge is 0.0718 e. The quantitative estimate of drug-likeness (QED) is 0.907. The number of nitrogens with zero attached hydrogens (tertiary/aromatic N) is 1. The van der Waals surface area contributed by atoms with E-state index < -0.39 is 5.60 Å². The van der Waals surface area contributed by atoms with Crippen molar-refractivity contribution in [3.05, 3.63) is 33.3 Å². The summed E-state index contributed by atoms with van der Waals surface area (Å²) in [5.74, 6) is 0. The summed E-state index contributed by atoms with van der Waals surface area (Å²) in [6.45, 7) is 8.63.